The van der Waals surface area contributed by atoms with E-state index in [-0.39, 0.29) is 11.4 Å². The highest BCUT2D eigenvalue weighted by Gasteiger charge is 2.19. The van der Waals surface area contributed by atoms with Gasteiger partial charge in [0, 0.05) is 16.6 Å². The molecule has 0 unspecified atom stereocenters. The maximum absolute atomic E-state index is 10.6. The molecule has 1 aromatic carbocycles. The molecular weight excluding hydrogens is 316 g/mol. The minimum Gasteiger partial charge on any atom is -0.392 e. The average Bonchev–Trinajstić information content (AvgIpc) is 2.50. The summed E-state index contributed by atoms with van der Waals surface area (Å²) in [6.45, 7) is 9.01. The Morgan fingerprint density at radius 3 is 2.39 bits per heavy atom. The van der Waals surface area contributed by atoms with Crippen molar-refractivity contribution in [3.05, 3.63) is 30.3 Å². The number of unbranched alkanes of at least 4 members (excludes halogenated alkanes) is 3. The molecule has 23 heavy (non-hydrogen) atoms. The van der Waals surface area contributed by atoms with Gasteiger partial charge < -0.3 is 5.11 Å². The van der Waals surface area contributed by atoms with Crippen LogP contribution in [0.3, 0.4) is 0 Å². The molecule has 0 aliphatic heterocycles. The Morgan fingerprint density at radius 2 is 1.78 bits per heavy atom. The molecule has 0 radical (unpaired) electrons. The number of thioether (sulfide) groups is 1. The van der Waals surface area contributed by atoms with Crippen LogP contribution in [-0.2, 0) is 0 Å². The van der Waals surface area contributed by atoms with E-state index in [1.54, 1.807) is 11.8 Å². The first-order chi connectivity index (χ1) is 10.9. The van der Waals surface area contributed by atoms with Crippen molar-refractivity contribution in [3.8, 4) is 11.5 Å². The number of aliphatic hydroxyl groups is 1. The second-order valence-electron chi connectivity index (χ2n) is 7.14. The van der Waals surface area contributed by atoms with Crippen LogP contribution in [0.1, 0.15) is 45.4 Å². The summed E-state index contributed by atoms with van der Waals surface area (Å²) < 4.78 is 0. The van der Waals surface area contributed by atoms with Gasteiger partial charge in [-0.3, -0.25) is 0 Å². The number of rotatable bonds is 9. The standard InChI is InChI=1S/C20H32OSSi/c1-5-6-7-11-15-19(21)20(16-12-17-23(2,3)4)22-18-13-9-8-10-14-18/h8-10,13-14,19-21H,5-7,11,15-16H2,1-4H3/t19-,20+/m1/s1. The largest absolute Gasteiger partial charge is 0.392 e. The zero-order valence-electron chi connectivity index (χ0n) is 15.1. The highest BCUT2D eigenvalue weighted by Crippen LogP contribution is 2.29. The van der Waals surface area contributed by atoms with Gasteiger partial charge in [0.1, 0.15) is 8.07 Å². The van der Waals surface area contributed by atoms with Crippen molar-refractivity contribution >= 4 is 19.8 Å². The van der Waals surface area contributed by atoms with Crippen molar-refractivity contribution in [2.45, 2.75) is 81.3 Å². The second-order valence-corrected chi connectivity index (χ2v) is 13.2. The average molecular weight is 349 g/mol. The lowest BCUT2D eigenvalue weighted by molar-refractivity contribution is 0.158. The molecule has 0 spiro atoms. The van der Waals surface area contributed by atoms with Crippen molar-refractivity contribution in [3.63, 3.8) is 0 Å². The van der Waals surface area contributed by atoms with Gasteiger partial charge in [0.25, 0.3) is 0 Å². The van der Waals surface area contributed by atoms with Crippen LogP contribution in [0, 0.1) is 11.5 Å². The number of aliphatic hydroxyl groups excluding tert-OH is 1. The summed E-state index contributed by atoms with van der Waals surface area (Å²) in [6, 6.07) is 10.4. The molecule has 128 valence electrons. The van der Waals surface area contributed by atoms with Gasteiger partial charge in [0.2, 0.25) is 0 Å². The van der Waals surface area contributed by atoms with E-state index in [9.17, 15) is 5.11 Å². The van der Waals surface area contributed by atoms with E-state index in [2.05, 4.69) is 62.3 Å². The number of benzene rings is 1. The summed E-state index contributed by atoms with van der Waals surface area (Å²) in [7, 11) is -1.34. The molecule has 3 heteroatoms. The molecule has 0 saturated carbocycles. The molecule has 0 saturated heterocycles. The topological polar surface area (TPSA) is 20.2 Å². The Labute approximate surface area is 148 Å². The first-order valence-corrected chi connectivity index (χ1v) is 13.2. The Hall–Kier alpha value is -0.693. The van der Waals surface area contributed by atoms with Gasteiger partial charge in [-0.15, -0.1) is 23.2 Å². The number of hydrogen-bond donors (Lipinski definition) is 1. The van der Waals surface area contributed by atoms with E-state index in [0.717, 1.165) is 19.3 Å². The van der Waals surface area contributed by atoms with Crippen LogP contribution < -0.4 is 0 Å². The molecule has 2 atom stereocenters. The lowest BCUT2D eigenvalue weighted by Gasteiger charge is -2.21. The highest BCUT2D eigenvalue weighted by atomic mass is 32.2. The van der Waals surface area contributed by atoms with Crippen molar-refractivity contribution in [2.24, 2.45) is 0 Å². The summed E-state index contributed by atoms with van der Waals surface area (Å²) in [5, 5.41) is 10.8. The lowest BCUT2D eigenvalue weighted by atomic mass is 10.1. The molecule has 0 aliphatic carbocycles. The van der Waals surface area contributed by atoms with Gasteiger partial charge in [-0.05, 0) is 18.6 Å². The predicted octanol–water partition coefficient (Wildman–Crippen LogP) is 5.75. The minimum atomic E-state index is -1.34. The van der Waals surface area contributed by atoms with Crippen LogP contribution in [0.25, 0.3) is 0 Å². The zero-order chi connectivity index (χ0) is 17.1. The molecular formula is C20H32OSSi. The van der Waals surface area contributed by atoms with Crippen molar-refractivity contribution in [1.82, 2.24) is 0 Å². The predicted molar refractivity (Wildman–Crippen MR) is 107 cm³/mol. The summed E-state index contributed by atoms with van der Waals surface area (Å²) in [5.74, 6) is 3.36. The SMILES string of the molecule is CCCCCC[C@@H](O)[C@H](CC#C[Si](C)(C)C)Sc1ccccc1. The van der Waals surface area contributed by atoms with Gasteiger partial charge in [0.05, 0.1) is 6.10 Å². The maximum atomic E-state index is 10.6. The molecule has 0 bridgehead atoms. The van der Waals surface area contributed by atoms with Gasteiger partial charge in [-0.25, -0.2) is 0 Å². The second kappa shape index (κ2) is 11.0. The monoisotopic (exact) mass is 348 g/mol. The molecule has 0 amide bonds. The fourth-order valence-electron chi connectivity index (χ4n) is 2.31. The van der Waals surface area contributed by atoms with Gasteiger partial charge in [-0.1, -0.05) is 70.4 Å². The third kappa shape index (κ3) is 9.91. The smallest absolute Gasteiger partial charge is 0.129 e. The van der Waals surface area contributed by atoms with E-state index >= 15 is 0 Å². The Balaban J connectivity index is 2.64. The molecule has 1 rings (SSSR count). The maximum Gasteiger partial charge on any atom is 0.129 e. The van der Waals surface area contributed by atoms with Crippen molar-refractivity contribution < 1.29 is 5.11 Å². The zero-order valence-corrected chi connectivity index (χ0v) is 17.0. The highest BCUT2D eigenvalue weighted by molar-refractivity contribution is 8.00. The third-order valence-corrected chi connectivity index (χ3v) is 5.83. The van der Waals surface area contributed by atoms with Crippen molar-refractivity contribution in [1.29, 1.82) is 0 Å². The van der Waals surface area contributed by atoms with Gasteiger partial charge in [-0.2, -0.15) is 0 Å². The molecule has 1 nitrogen and oxygen atoms in total. The van der Waals surface area contributed by atoms with Crippen molar-refractivity contribution in [2.75, 3.05) is 0 Å². The van der Waals surface area contributed by atoms with Crippen LogP contribution in [-0.4, -0.2) is 24.5 Å². The number of hydrogen-bond acceptors (Lipinski definition) is 2. The minimum absolute atomic E-state index is 0.169. The van der Waals surface area contributed by atoms with E-state index in [1.807, 2.05) is 6.07 Å². The lowest BCUT2D eigenvalue weighted by Crippen LogP contribution is -2.23. The van der Waals surface area contributed by atoms with Crippen LogP contribution in [0.15, 0.2) is 35.2 Å². The molecule has 1 N–H and O–H groups in total. The molecule has 0 aliphatic rings. The van der Waals surface area contributed by atoms with Crippen LogP contribution >= 0.6 is 11.8 Å². The Bertz CT molecular complexity index is 484. The van der Waals surface area contributed by atoms with E-state index in [4.69, 9.17) is 0 Å². The van der Waals surface area contributed by atoms with Crippen LogP contribution in [0.4, 0.5) is 0 Å². The Morgan fingerprint density at radius 1 is 1.09 bits per heavy atom. The summed E-state index contributed by atoms with van der Waals surface area (Å²) in [4.78, 5) is 1.22. The van der Waals surface area contributed by atoms with E-state index in [0.29, 0.717) is 0 Å². The molecule has 0 heterocycles. The van der Waals surface area contributed by atoms with Gasteiger partial charge in [0.15, 0.2) is 0 Å². The molecule has 0 fully saturated rings. The summed E-state index contributed by atoms with van der Waals surface area (Å²) >= 11 is 1.77. The van der Waals surface area contributed by atoms with E-state index in [1.165, 1.54) is 24.2 Å². The fraction of sp³-hybridized carbons (Fsp3) is 0.600. The normalized spacial score (nSPS) is 14.0. The van der Waals surface area contributed by atoms with Crippen LogP contribution in [0.5, 0.6) is 0 Å². The fourth-order valence-corrected chi connectivity index (χ4v) is 4.07. The van der Waals surface area contributed by atoms with E-state index < -0.39 is 8.07 Å². The first kappa shape index (κ1) is 20.4. The third-order valence-electron chi connectivity index (χ3n) is 3.58. The van der Waals surface area contributed by atoms with Gasteiger partial charge >= 0.3 is 0 Å². The quantitative estimate of drug-likeness (QED) is 0.265. The molecule has 1 aromatic rings. The first-order valence-electron chi connectivity index (χ1n) is 8.82. The summed E-state index contributed by atoms with van der Waals surface area (Å²) in [5.41, 5.74) is 3.43. The molecule has 0 aromatic heterocycles. The summed E-state index contributed by atoms with van der Waals surface area (Å²) in [6.07, 6.45) is 6.23. The Kier molecular flexibility index (Phi) is 9.70. The van der Waals surface area contributed by atoms with Crippen LogP contribution in [0.2, 0.25) is 19.6 Å².